The number of likely N-dealkylation sites (tertiary alicyclic amines) is 1. The Balaban J connectivity index is 0.000000315. The highest BCUT2D eigenvalue weighted by atomic mass is 16.4. The van der Waals surface area contributed by atoms with Gasteiger partial charge in [0.05, 0.1) is 0 Å². The lowest BCUT2D eigenvalue weighted by molar-refractivity contribution is -0.159. The van der Waals surface area contributed by atoms with Crippen molar-refractivity contribution in [3.63, 3.8) is 0 Å². The van der Waals surface area contributed by atoms with Crippen LogP contribution in [0, 0.1) is 5.92 Å². The number of carboxylic acid groups (broad SMARTS) is 2. The molecule has 116 valence electrons. The first-order chi connectivity index (χ1) is 10.0. The van der Waals surface area contributed by atoms with Crippen LogP contribution in [-0.2, 0) is 16.0 Å². The van der Waals surface area contributed by atoms with E-state index in [9.17, 15) is 0 Å². The minimum atomic E-state index is -1.82. The predicted molar refractivity (Wildman–Crippen MR) is 79.0 cm³/mol. The molecule has 4 N–H and O–H groups in total. The van der Waals surface area contributed by atoms with Crippen LogP contribution in [0.1, 0.15) is 12.0 Å². The summed E-state index contributed by atoms with van der Waals surface area (Å²) in [6.45, 7) is 4.46. The molecule has 1 atom stereocenters. The van der Waals surface area contributed by atoms with E-state index >= 15 is 0 Å². The number of hydrogen-bond donors (Lipinski definition) is 3. The van der Waals surface area contributed by atoms with Gasteiger partial charge in [0.2, 0.25) is 0 Å². The van der Waals surface area contributed by atoms with Gasteiger partial charge in [-0.1, -0.05) is 30.3 Å². The summed E-state index contributed by atoms with van der Waals surface area (Å²) >= 11 is 0. The van der Waals surface area contributed by atoms with E-state index < -0.39 is 11.9 Å². The number of nitrogens with zero attached hydrogens (tertiary/aromatic N) is 1. The third-order valence-electron chi connectivity index (χ3n) is 3.45. The Morgan fingerprint density at radius 2 is 1.81 bits per heavy atom. The molecule has 21 heavy (non-hydrogen) atoms. The van der Waals surface area contributed by atoms with E-state index in [1.165, 1.54) is 31.6 Å². The van der Waals surface area contributed by atoms with Gasteiger partial charge in [-0.2, -0.15) is 0 Å². The van der Waals surface area contributed by atoms with E-state index in [1.807, 2.05) is 0 Å². The molecule has 1 aromatic rings. The van der Waals surface area contributed by atoms with Crippen molar-refractivity contribution < 1.29 is 19.8 Å². The zero-order chi connectivity index (χ0) is 15.7. The van der Waals surface area contributed by atoms with E-state index in [1.54, 1.807) is 0 Å². The van der Waals surface area contributed by atoms with Crippen molar-refractivity contribution in [3.8, 4) is 0 Å². The van der Waals surface area contributed by atoms with Gasteiger partial charge in [0, 0.05) is 13.1 Å². The molecule has 1 heterocycles. The lowest BCUT2D eigenvalue weighted by Crippen LogP contribution is -2.25. The van der Waals surface area contributed by atoms with Crippen molar-refractivity contribution in [2.24, 2.45) is 11.7 Å². The molecule has 2 rings (SSSR count). The summed E-state index contributed by atoms with van der Waals surface area (Å²) in [6, 6.07) is 10.7. The second-order valence-corrected chi connectivity index (χ2v) is 5.04. The fourth-order valence-electron chi connectivity index (χ4n) is 2.24. The van der Waals surface area contributed by atoms with Crippen LogP contribution in [0.2, 0.25) is 0 Å². The highest BCUT2D eigenvalue weighted by Gasteiger charge is 2.20. The zero-order valence-electron chi connectivity index (χ0n) is 11.9. The van der Waals surface area contributed by atoms with Crippen LogP contribution in [0.5, 0.6) is 0 Å². The Morgan fingerprint density at radius 1 is 1.19 bits per heavy atom. The van der Waals surface area contributed by atoms with E-state index in [-0.39, 0.29) is 0 Å². The number of rotatable bonds is 4. The van der Waals surface area contributed by atoms with Crippen LogP contribution in [0.4, 0.5) is 0 Å². The van der Waals surface area contributed by atoms with Crippen molar-refractivity contribution in [1.82, 2.24) is 4.90 Å². The zero-order valence-corrected chi connectivity index (χ0v) is 11.9. The van der Waals surface area contributed by atoms with Crippen molar-refractivity contribution in [2.75, 3.05) is 26.2 Å². The van der Waals surface area contributed by atoms with Gasteiger partial charge in [0.25, 0.3) is 0 Å². The molecule has 6 nitrogen and oxygen atoms in total. The van der Waals surface area contributed by atoms with Crippen molar-refractivity contribution >= 4 is 11.9 Å². The predicted octanol–water partition coefficient (Wildman–Crippen LogP) is 0.665. The maximum absolute atomic E-state index is 9.10. The maximum Gasteiger partial charge on any atom is 0.414 e. The first-order valence-corrected chi connectivity index (χ1v) is 6.95. The summed E-state index contributed by atoms with van der Waals surface area (Å²) in [5.41, 5.74) is 7.12. The normalized spacial score (nSPS) is 17.9. The molecule has 0 aromatic heterocycles. The third kappa shape index (κ3) is 6.87. The molecule has 0 saturated carbocycles. The van der Waals surface area contributed by atoms with Crippen LogP contribution in [-0.4, -0.2) is 53.2 Å². The number of carbonyl (C=O) groups is 2. The van der Waals surface area contributed by atoms with E-state index in [0.717, 1.165) is 18.9 Å². The molecule has 0 radical (unpaired) electrons. The topological polar surface area (TPSA) is 104 Å². The van der Waals surface area contributed by atoms with Crippen LogP contribution < -0.4 is 5.73 Å². The highest BCUT2D eigenvalue weighted by molar-refractivity contribution is 6.27. The summed E-state index contributed by atoms with van der Waals surface area (Å²) in [4.78, 5) is 20.7. The van der Waals surface area contributed by atoms with Gasteiger partial charge in [-0.15, -0.1) is 0 Å². The Labute approximate surface area is 124 Å². The second-order valence-electron chi connectivity index (χ2n) is 5.04. The molecule has 1 fully saturated rings. The molecular formula is C15H22N2O4. The highest BCUT2D eigenvalue weighted by Crippen LogP contribution is 2.15. The molecule has 0 aliphatic carbocycles. The number of benzene rings is 1. The summed E-state index contributed by atoms with van der Waals surface area (Å²) in [6.07, 6.45) is 2.45. The first kappa shape index (κ1) is 17.1. The van der Waals surface area contributed by atoms with Gasteiger partial charge in [0.15, 0.2) is 0 Å². The van der Waals surface area contributed by atoms with Crippen molar-refractivity contribution in [1.29, 1.82) is 0 Å². The van der Waals surface area contributed by atoms with Gasteiger partial charge in [0.1, 0.15) is 0 Å². The standard InChI is InChI=1S/C13H20N2.C2H2O4/c14-10-13-7-9-15(11-13)8-6-12-4-2-1-3-5-12;3-1(4)2(5)6/h1-5,13H,6-11,14H2;(H,3,4)(H,5,6). The smallest absolute Gasteiger partial charge is 0.414 e. The number of aliphatic carboxylic acids is 2. The molecule has 1 unspecified atom stereocenters. The van der Waals surface area contributed by atoms with Crippen LogP contribution in [0.3, 0.4) is 0 Å². The Hall–Kier alpha value is -1.92. The SMILES string of the molecule is NCC1CCN(CCc2ccccc2)C1.O=C(O)C(=O)O. The molecule has 0 amide bonds. The molecule has 6 heteroatoms. The van der Waals surface area contributed by atoms with Crippen LogP contribution in [0.15, 0.2) is 30.3 Å². The minimum absolute atomic E-state index is 0.737. The monoisotopic (exact) mass is 294 g/mol. The Morgan fingerprint density at radius 3 is 2.29 bits per heavy atom. The number of nitrogens with two attached hydrogens (primary N) is 1. The van der Waals surface area contributed by atoms with Gasteiger partial charge in [-0.3, -0.25) is 0 Å². The van der Waals surface area contributed by atoms with Gasteiger partial charge in [-0.05, 0) is 37.4 Å². The average molecular weight is 294 g/mol. The average Bonchev–Trinajstić information content (AvgIpc) is 2.95. The molecular weight excluding hydrogens is 272 g/mol. The maximum atomic E-state index is 9.10. The number of hydrogen-bond acceptors (Lipinski definition) is 4. The van der Waals surface area contributed by atoms with Gasteiger partial charge in [-0.25, -0.2) is 9.59 Å². The summed E-state index contributed by atoms with van der Waals surface area (Å²) < 4.78 is 0. The Kier molecular flexibility index (Phi) is 7.42. The van der Waals surface area contributed by atoms with Crippen molar-refractivity contribution in [2.45, 2.75) is 12.8 Å². The van der Waals surface area contributed by atoms with E-state index in [4.69, 9.17) is 25.5 Å². The molecule has 1 aromatic carbocycles. The second kappa shape index (κ2) is 9.10. The lowest BCUT2D eigenvalue weighted by atomic mass is 10.1. The summed E-state index contributed by atoms with van der Waals surface area (Å²) in [5, 5.41) is 14.8. The first-order valence-electron chi connectivity index (χ1n) is 6.95. The van der Waals surface area contributed by atoms with E-state index in [2.05, 4.69) is 35.2 Å². The summed E-state index contributed by atoms with van der Waals surface area (Å²) in [5.74, 6) is -2.91. The van der Waals surface area contributed by atoms with E-state index in [0.29, 0.717) is 0 Å². The summed E-state index contributed by atoms with van der Waals surface area (Å²) in [7, 11) is 0. The number of carboxylic acids is 2. The third-order valence-corrected chi connectivity index (χ3v) is 3.45. The van der Waals surface area contributed by atoms with Gasteiger partial charge >= 0.3 is 11.9 Å². The quantitative estimate of drug-likeness (QED) is 0.705. The molecule has 1 saturated heterocycles. The fourth-order valence-corrected chi connectivity index (χ4v) is 2.24. The van der Waals surface area contributed by atoms with Crippen LogP contribution >= 0.6 is 0 Å². The van der Waals surface area contributed by atoms with Crippen molar-refractivity contribution in [3.05, 3.63) is 35.9 Å². The molecule has 1 aliphatic rings. The minimum Gasteiger partial charge on any atom is -0.473 e. The fraction of sp³-hybridized carbons (Fsp3) is 0.467. The lowest BCUT2D eigenvalue weighted by Gasteiger charge is -2.15. The molecule has 0 bridgehead atoms. The molecule has 1 aliphatic heterocycles. The Bertz CT molecular complexity index is 438. The largest absolute Gasteiger partial charge is 0.473 e. The molecule has 0 spiro atoms. The van der Waals surface area contributed by atoms with Crippen LogP contribution in [0.25, 0.3) is 0 Å². The van der Waals surface area contributed by atoms with Gasteiger partial charge < -0.3 is 20.8 Å².